The highest BCUT2D eigenvalue weighted by Gasteiger charge is 2.16. The van der Waals surface area contributed by atoms with Crippen LogP contribution >= 0.6 is 0 Å². The van der Waals surface area contributed by atoms with E-state index in [9.17, 15) is 9.59 Å². The Labute approximate surface area is 123 Å². The minimum absolute atomic E-state index is 0.115. The Kier molecular flexibility index (Phi) is 4.77. The number of hydrogen-bond acceptors (Lipinski definition) is 3. The first-order valence-corrected chi connectivity index (χ1v) is 6.78. The molecular formula is C16H18N2O3. The van der Waals surface area contributed by atoms with Crippen LogP contribution in [0, 0.1) is 0 Å². The number of nitrogens with one attached hydrogen (secondary N) is 2. The third-order valence-electron chi connectivity index (χ3n) is 3.29. The van der Waals surface area contributed by atoms with Gasteiger partial charge in [-0.15, -0.1) is 0 Å². The smallest absolute Gasteiger partial charge is 0.260 e. The Morgan fingerprint density at radius 2 is 2.00 bits per heavy atom. The zero-order valence-corrected chi connectivity index (χ0v) is 12.1. The summed E-state index contributed by atoms with van der Waals surface area (Å²) >= 11 is 0. The maximum absolute atomic E-state index is 12.2. The standard InChI is InChI=1S/C16H18N2O3/c1-3-14(11-6-8-12(21-2)9-7-11)18-16(20)13-5-4-10-17-15(13)19/h4-10,14H,3H2,1-2H3,(H,17,19)(H,18,20). The molecule has 0 saturated heterocycles. The highest BCUT2D eigenvalue weighted by atomic mass is 16.5. The molecule has 5 heteroatoms. The molecule has 0 aliphatic heterocycles. The van der Waals surface area contributed by atoms with Crippen LogP contribution in [0.25, 0.3) is 0 Å². The van der Waals surface area contributed by atoms with Crippen molar-refractivity contribution in [3.05, 3.63) is 64.1 Å². The van der Waals surface area contributed by atoms with Crippen LogP contribution in [0.15, 0.2) is 47.4 Å². The first-order valence-electron chi connectivity index (χ1n) is 6.78. The topological polar surface area (TPSA) is 71.2 Å². The fraction of sp³-hybridized carbons (Fsp3) is 0.250. The highest BCUT2D eigenvalue weighted by Crippen LogP contribution is 2.20. The Bertz CT molecular complexity index is 662. The Hall–Kier alpha value is -2.56. The van der Waals surface area contributed by atoms with Gasteiger partial charge < -0.3 is 15.0 Å². The SMILES string of the molecule is CCC(NC(=O)c1ccc[nH]c1=O)c1ccc(OC)cc1. The van der Waals surface area contributed by atoms with Crippen LogP contribution in [0.2, 0.25) is 0 Å². The lowest BCUT2D eigenvalue weighted by atomic mass is 10.0. The zero-order chi connectivity index (χ0) is 15.2. The van der Waals surface area contributed by atoms with Crippen LogP contribution in [-0.2, 0) is 0 Å². The average Bonchev–Trinajstić information content (AvgIpc) is 2.53. The fourth-order valence-corrected chi connectivity index (χ4v) is 2.09. The molecule has 0 aliphatic rings. The van der Waals surface area contributed by atoms with Gasteiger partial charge in [-0.2, -0.15) is 0 Å². The summed E-state index contributed by atoms with van der Waals surface area (Å²) in [5.74, 6) is 0.388. The Morgan fingerprint density at radius 3 is 2.57 bits per heavy atom. The first kappa shape index (κ1) is 14.8. The maximum atomic E-state index is 12.2. The van der Waals surface area contributed by atoms with Crippen LogP contribution in [0.3, 0.4) is 0 Å². The molecule has 21 heavy (non-hydrogen) atoms. The second kappa shape index (κ2) is 6.74. The van der Waals surface area contributed by atoms with Gasteiger partial charge in [0.05, 0.1) is 13.2 Å². The number of carbonyl (C=O) groups is 1. The molecule has 1 aromatic carbocycles. The number of benzene rings is 1. The number of hydrogen-bond donors (Lipinski definition) is 2. The molecule has 2 aromatic rings. The van der Waals surface area contributed by atoms with E-state index in [1.165, 1.54) is 12.3 Å². The minimum atomic E-state index is -0.389. The van der Waals surface area contributed by atoms with Gasteiger partial charge in [-0.25, -0.2) is 0 Å². The molecule has 0 bridgehead atoms. The first-order chi connectivity index (χ1) is 10.2. The molecule has 0 radical (unpaired) electrons. The average molecular weight is 286 g/mol. The van der Waals surface area contributed by atoms with Crippen molar-refractivity contribution >= 4 is 5.91 Å². The van der Waals surface area contributed by atoms with Crippen molar-refractivity contribution < 1.29 is 9.53 Å². The van der Waals surface area contributed by atoms with E-state index in [4.69, 9.17) is 4.74 Å². The number of carbonyl (C=O) groups excluding carboxylic acids is 1. The normalized spacial score (nSPS) is 11.7. The van der Waals surface area contributed by atoms with E-state index in [-0.39, 0.29) is 23.1 Å². The summed E-state index contributed by atoms with van der Waals surface area (Å²) in [5.41, 5.74) is 0.697. The Balaban J connectivity index is 2.17. The fourth-order valence-electron chi connectivity index (χ4n) is 2.09. The third kappa shape index (κ3) is 3.51. The second-order valence-electron chi connectivity index (χ2n) is 4.62. The molecule has 0 aliphatic carbocycles. The summed E-state index contributed by atoms with van der Waals surface area (Å²) in [6.45, 7) is 1.98. The second-order valence-corrected chi connectivity index (χ2v) is 4.62. The van der Waals surface area contributed by atoms with E-state index in [2.05, 4.69) is 10.3 Å². The number of aromatic nitrogens is 1. The summed E-state index contributed by atoms with van der Waals surface area (Å²) < 4.78 is 5.12. The zero-order valence-electron chi connectivity index (χ0n) is 12.1. The molecule has 1 heterocycles. The number of amides is 1. The summed E-state index contributed by atoms with van der Waals surface area (Å²) in [5, 5.41) is 2.88. The number of ether oxygens (including phenoxy) is 1. The molecule has 110 valence electrons. The van der Waals surface area contributed by atoms with Crippen LogP contribution in [0.1, 0.15) is 35.3 Å². The lowest BCUT2D eigenvalue weighted by Crippen LogP contribution is -2.32. The number of aromatic amines is 1. The molecule has 1 amide bonds. The van der Waals surface area contributed by atoms with E-state index < -0.39 is 0 Å². The van der Waals surface area contributed by atoms with E-state index >= 15 is 0 Å². The molecule has 0 saturated carbocycles. The number of methoxy groups -OCH3 is 1. The molecule has 1 aromatic heterocycles. The van der Waals surface area contributed by atoms with Gasteiger partial charge in [0.15, 0.2) is 0 Å². The van der Waals surface area contributed by atoms with Crippen LogP contribution in [-0.4, -0.2) is 18.0 Å². The Morgan fingerprint density at radius 1 is 1.29 bits per heavy atom. The molecule has 0 spiro atoms. The van der Waals surface area contributed by atoms with Gasteiger partial charge >= 0.3 is 0 Å². The van der Waals surface area contributed by atoms with Crippen LogP contribution < -0.4 is 15.6 Å². The summed E-state index contributed by atoms with van der Waals surface area (Å²) in [6, 6.07) is 10.5. The van der Waals surface area contributed by atoms with Crippen molar-refractivity contribution in [2.24, 2.45) is 0 Å². The van der Waals surface area contributed by atoms with E-state index in [1.54, 1.807) is 13.2 Å². The van der Waals surface area contributed by atoms with Gasteiger partial charge in [-0.1, -0.05) is 19.1 Å². The van der Waals surface area contributed by atoms with Gasteiger partial charge in [0, 0.05) is 6.20 Å². The molecular weight excluding hydrogens is 268 g/mol. The quantitative estimate of drug-likeness (QED) is 0.885. The van der Waals surface area contributed by atoms with Gasteiger partial charge in [-0.3, -0.25) is 9.59 Å². The molecule has 1 atom stereocenters. The summed E-state index contributed by atoms with van der Waals surface area (Å²) in [4.78, 5) is 26.3. The van der Waals surface area contributed by atoms with Gasteiger partial charge in [-0.05, 0) is 36.2 Å². The maximum Gasteiger partial charge on any atom is 0.260 e. The highest BCUT2D eigenvalue weighted by molar-refractivity contribution is 5.94. The summed E-state index contributed by atoms with van der Waals surface area (Å²) in [7, 11) is 1.61. The minimum Gasteiger partial charge on any atom is -0.497 e. The largest absolute Gasteiger partial charge is 0.497 e. The molecule has 1 unspecified atom stereocenters. The van der Waals surface area contributed by atoms with E-state index in [1.807, 2.05) is 31.2 Å². The lowest BCUT2D eigenvalue weighted by Gasteiger charge is -2.17. The number of H-pyrrole nitrogens is 1. The molecule has 5 nitrogen and oxygen atoms in total. The molecule has 0 fully saturated rings. The number of pyridine rings is 1. The van der Waals surface area contributed by atoms with Crippen LogP contribution in [0.5, 0.6) is 5.75 Å². The third-order valence-corrected chi connectivity index (χ3v) is 3.29. The van der Waals surface area contributed by atoms with E-state index in [0.29, 0.717) is 0 Å². The van der Waals surface area contributed by atoms with Crippen molar-refractivity contribution in [1.82, 2.24) is 10.3 Å². The predicted molar refractivity (Wildman–Crippen MR) is 80.6 cm³/mol. The van der Waals surface area contributed by atoms with Gasteiger partial charge in [0.2, 0.25) is 0 Å². The van der Waals surface area contributed by atoms with E-state index in [0.717, 1.165) is 17.7 Å². The van der Waals surface area contributed by atoms with Gasteiger partial charge in [0.1, 0.15) is 11.3 Å². The summed E-state index contributed by atoms with van der Waals surface area (Å²) in [6.07, 6.45) is 2.22. The van der Waals surface area contributed by atoms with Crippen LogP contribution in [0.4, 0.5) is 0 Å². The van der Waals surface area contributed by atoms with Crippen molar-refractivity contribution in [3.63, 3.8) is 0 Å². The molecule has 2 rings (SSSR count). The van der Waals surface area contributed by atoms with Gasteiger partial charge in [0.25, 0.3) is 11.5 Å². The van der Waals surface area contributed by atoms with Crippen molar-refractivity contribution in [2.75, 3.05) is 7.11 Å². The van der Waals surface area contributed by atoms with Crippen molar-refractivity contribution in [1.29, 1.82) is 0 Å². The van der Waals surface area contributed by atoms with Crippen molar-refractivity contribution in [3.8, 4) is 5.75 Å². The lowest BCUT2D eigenvalue weighted by molar-refractivity contribution is 0.0934. The van der Waals surface area contributed by atoms with Crippen molar-refractivity contribution in [2.45, 2.75) is 19.4 Å². The molecule has 2 N–H and O–H groups in total. The number of rotatable bonds is 5. The monoisotopic (exact) mass is 286 g/mol. The predicted octanol–water partition coefficient (Wildman–Crippen LogP) is 2.26.